The van der Waals surface area contributed by atoms with Gasteiger partial charge in [0, 0.05) is 49.5 Å². The molecule has 0 aromatic heterocycles. The molecule has 154 valence electrons. The molecule has 0 atom stereocenters. The van der Waals surface area contributed by atoms with Gasteiger partial charge < -0.3 is 20.3 Å². The lowest BCUT2D eigenvalue weighted by Gasteiger charge is -2.18. The van der Waals surface area contributed by atoms with E-state index in [1.165, 1.54) is 17.8 Å². The van der Waals surface area contributed by atoms with Crippen molar-refractivity contribution in [3.05, 3.63) is 70.8 Å². The summed E-state index contributed by atoms with van der Waals surface area (Å²) < 4.78 is 29.7. The highest BCUT2D eigenvalue weighted by molar-refractivity contribution is 6.30. The number of nitrogens with one attached hydrogen (secondary N) is 2. The minimum Gasteiger partial charge on any atom is -0.434 e. The molecule has 3 rings (SSSR count). The summed E-state index contributed by atoms with van der Waals surface area (Å²) in [6, 6.07) is 12.9. The van der Waals surface area contributed by atoms with Crippen LogP contribution in [-0.2, 0) is 13.1 Å². The van der Waals surface area contributed by atoms with E-state index in [0.717, 1.165) is 18.7 Å². The van der Waals surface area contributed by atoms with Crippen LogP contribution in [-0.4, -0.2) is 32.7 Å². The van der Waals surface area contributed by atoms with Crippen molar-refractivity contribution in [3.63, 3.8) is 0 Å². The smallest absolute Gasteiger partial charge is 0.387 e. The molecular weight excluding hydrogens is 398 g/mol. The summed E-state index contributed by atoms with van der Waals surface area (Å²) in [4.78, 5) is 6.45. The highest BCUT2D eigenvalue weighted by Crippen LogP contribution is 2.24. The van der Waals surface area contributed by atoms with Gasteiger partial charge in [0.1, 0.15) is 5.75 Å². The van der Waals surface area contributed by atoms with Crippen LogP contribution in [0.5, 0.6) is 5.75 Å². The summed E-state index contributed by atoms with van der Waals surface area (Å²) in [5, 5.41) is 6.75. The number of anilines is 1. The quantitative estimate of drug-likeness (QED) is 0.401. The van der Waals surface area contributed by atoms with Crippen molar-refractivity contribution in [2.24, 2.45) is 4.99 Å². The number of ether oxygens (including phenoxy) is 1. The number of hydrogen-bond donors (Lipinski definition) is 2. The molecule has 0 spiro atoms. The van der Waals surface area contributed by atoms with Gasteiger partial charge in [-0.15, -0.1) is 0 Å². The number of hydrogen-bond acceptors (Lipinski definition) is 3. The lowest BCUT2D eigenvalue weighted by molar-refractivity contribution is -0.0504. The molecule has 0 bridgehead atoms. The van der Waals surface area contributed by atoms with Crippen LogP contribution in [0, 0.1) is 0 Å². The molecule has 8 heteroatoms. The van der Waals surface area contributed by atoms with Crippen LogP contribution in [0.25, 0.3) is 0 Å². The maximum absolute atomic E-state index is 12.6. The Hall–Kier alpha value is -2.80. The third-order valence-electron chi connectivity index (χ3n) is 4.49. The number of benzene rings is 2. The average molecular weight is 421 g/mol. The van der Waals surface area contributed by atoms with Gasteiger partial charge in [-0.25, -0.2) is 0 Å². The topological polar surface area (TPSA) is 48.9 Å². The first-order valence-electron chi connectivity index (χ1n) is 9.22. The van der Waals surface area contributed by atoms with Crippen molar-refractivity contribution in [3.8, 4) is 5.75 Å². The highest BCUT2D eigenvalue weighted by atomic mass is 35.5. The van der Waals surface area contributed by atoms with Crippen molar-refractivity contribution >= 4 is 23.2 Å². The zero-order chi connectivity index (χ0) is 20.6. The standard InChI is InChI=1S/C21H23ClF2N4O/c1-25-21(27-14-16-12-17(22)6-9-19(16)29-20(23)24)26-13-15-4-7-18(8-5-15)28-10-2-3-11-28/h2-9,12,20H,10-11,13-14H2,1H3,(H2,25,26,27). The molecule has 2 aromatic rings. The van der Waals surface area contributed by atoms with Gasteiger partial charge in [0.15, 0.2) is 5.96 Å². The Morgan fingerprint density at radius 2 is 1.79 bits per heavy atom. The van der Waals surface area contributed by atoms with E-state index in [0.29, 0.717) is 23.1 Å². The molecule has 0 aliphatic carbocycles. The lowest BCUT2D eigenvalue weighted by Crippen LogP contribution is -2.36. The Morgan fingerprint density at radius 3 is 2.45 bits per heavy atom. The van der Waals surface area contributed by atoms with Gasteiger partial charge in [0.2, 0.25) is 0 Å². The fraction of sp³-hybridized carbons (Fsp3) is 0.286. The van der Waals surface area contributed by atoms with Crippen LogP contribution in [0.3, 0.4) is 0 Å². The Morgan fingerprint density at radius 1 is 1.10 bits per heavy atom. The Bertz CT molecular complexity index is 863. The second-order valence-corrected chi connectivity index (χ2v) is 6.89. The molecule has 0 radical (unpaired) electrons. The molecule has 0 saturated carbocycles. The van der Waals surface area contributed by atoms with Crippen molar-refractivity contribution in [2.45, 2.75) is 19.7 Å². The molecule has 2 N–H and O–H groups in total. The highest BCUT2D eigenvalue weighted by Gasteiger charge is 2.11. The van der Waals surface area contributed by atoms with Gasteiger partial charge in [-0.05, 0) is 35.9 Å². The van der Waals surface area contributed by atoms with Crippen LogP contribution in [0.15, 0.2) is 59.6 Å². The summed E-state index contributed by atoms with van der Waals surface area (Å²) in [5.41, 5.74) is 2.81. The number of rotatable bonds is 7. The molecule has 29 heavy (non-hydrogen) atoms. The molecule has 0 unspecified atom stereocenters. The van der Waals surface area contributed by atoms with Crippen LogP contribution >= 0.6 is 11.6 Å². The van der Waals surface area contributed by atoms with Gasteiger partial charge in [-0.2, -0.15) is 8.78 Å². The van der Waals surface area contributed by atoms with Gasteiger partial charge >= 0.3 is 6.61 Å². The maximum atomic E-state index is 12.6. The summed E-state index contributed by atoms with van der Waals surface area (Å²) in [6.07, 6.45) is 4.31. The van der Waals surface area contributed by atoms with Crippen molar-refractivity contribution in [2.75, 3.05) is 25.0 Å². The first-order chi connectivity index (χ1) is 14.0. The van der Waals surface area contributed by atoms with Crippen LogP contribution in [0.1, 0.15) is 11.1 Å². The third kappa shape index (κ3) is 6.09. The van der Waals surface area contributed by atoms with Gasteiger partial charge in [0.25, 0.3) is 0 Å². The van der Waals surface area contributed by atoms with Gasteiger partial charge in [-0.1, -0.05) is 35.9 Å². The normalized spacial score (nSPS) is 13.8. The minimum atomic E-state index is -2.90. The van der Waals surface area contributed by atoms with E-state index >= 15 is 0 Å². The van der Waals surface area contributed by atoms with E-state index in [4.69, 9.17) is 11.6 Å². The molecule has 1 aliphatic heterocycles. The summed E-state index contributed by atoms with van der Waals surface area (Å²) in [5.74, 6) is 0.625. The first-order valence-corrected chi connectivity index (χ1v) is 9.59. The second kappa shape index (κ2) is 10.1. The first kappa shape index (κ1) is 20.9. The third-order valence-corrected chi connectivity index (χ3v) is 4.72. The van der Waals surface area contributed by atoms with E-state index in [9.17, 15) is 8.78 Å². The number of guanidine groups is 1. The molecule has 0 fully saturated rings. The molecule has 0 saturated heterocycles. The molecule has 2 aromatic carbocycles. The number of aliphatic imine (C=N–C) groups is 1. The van der Waals surface area contributed by atoms with E-state index in [1.807, 2.05) is 0 Å². The Labute approximate surface area is 174 Å². The fourth-order valence-corrected chi connectivity index (χ4v) is 3.19. The summed E-state index contributed by atoms with van der Waals surface area (Å²) >= 11 is 5.98. The minimum absolute atomic E-state index is 0.0827. The van der Waals surface area contributed by atoms with Crippen LogP contribution < -0.4 is 20.3 Å². The predicted molar refractivity (Wildman–Crippen MR) is 113 cm³/mol. The Kier molecular flexibility index (Phi) is 7.30. The van der Waals surface area contributed by atoms with Crippen molar-refractivity contribution < 1.29 is 13.5 Å². The van der Waals surface area contributed by atoms with Gasteiger partial charge in [0.05, 0.1) is 0 Å². The average Bonchev–Trinajstić information content (AvgIpc) is 3.25. The molecule has 5 nitrogen and oxygen atoms in total. The summed E-state index contributed by atoms with van der Waals surface area (Å²) in [7, 11) is 1.65. The fourth-order valence-electron chi connectivity index (χ4n) is 3.00. The van der Waals surface area contributed by atoms with Gasteiger partial charge in [-0.3, -0.25) is 4.99 Å². The Balaban J connectivity index is 1.54. The predicted octanol–water partition coefficient (Wildman–Crippen LogP) is 4.18. The molecular formula is C21H23ClF2N4O. The zero-order valence-electron chi connectivity index (χ0n) is 16.0. The summed E-state index contributed by atoms with van der Waals surface area (Å²) in [6.45, 7) is -0.201. The van der Waals surface area contributed by atoms with E-state index < -0.39 is 6.61 Å². The molecule has 1 heterocycles. The second-order valence-electron chi connectivity index (χ2n) is 6.45. The molecule has 1 aliphatic rings. The van der Waals surface area contributed by atoms with Crippen LogP contribution in [0.2, 0.25) is 5.02 Å². The zero-order valence-corrected chi connectivity index (χ0v) is 16.8. The van der Waals surface area contributed by atoms with E-state index in [2.05, 4.69) is 61.7 Å². The van der Waals surface area contributed by atoms with E-state index in [-0.39, 0.29) is 12.3 Å². The number of nitrogens with zero attached hydrogens (tertiary/aromatic N) is 2. The number of halogens is 3. The van der Waals surface area contributed by atoms with Crippen molar-refractivity contribution in [1.82, 2.24) is 10.6 Å². The lowest BCUT2D eigenvalue weighted by atomic mass is 10.2. The largest absolute Gasteiger partial charge is 0.434 e. The monoisotopic (exact) mass is 420 g/mol. The number of alkyl halides is 2. The van der Waals surface area contributed by atoms with Crippen LogP contribution in [0.4, 0.5) is 14.5 Å². The SMILES string of the molecule is CN=C(NCc1ccc(N2CC=CC2)cc1)NCc1cc(Cl)ccc1OC(F)F. The van der Waals surface area contributed by atoms with E-state index in [1.54, 1.807) is 13.1 Å². The maximum Gasteiger partial charge on any atom is 0.387 e. The van der Waals surface area contributed by atoms with Crippen molar-refractivity contribution in [1.29, 1.82) is 0 Å². The molecule has 0 amide bonds.